The standard InChI is InChI=1S/C19H27N5O4/c1-26-14-8-12-13(9-15(14)27-2)23-16(24-18(12)21)7-11(20)4-3-10-5-6-28-17(10)19(22)25/h8-11,17H,3-7,20H2,1-2H3,(H2,22,25)(H2,21,23,24). The minimum Gasteiger partial charge on any atom is -0.493 e. The molecule has 1 aliphatic heterocycles. The van der Waals surface area contributed by atoms with Gasteiger partial charge in [-0.1, -0.05) is 0 Å². The molecule has 2 aromatic rings. The second-order valence-electron chi connectivity index (χ2n) is 7.03. The van der Waals surface area contributed by atoms with Gasteiger partial charge in [0.1, 0.15) is 17.7 Å². The van der Waals surface area contributed by atoms with Crippen molar-refractivity contribution in [1.82, 2.24) is 9.97 Å². The lowest BCUT2D eigenvalue weighted by molar-refractivity contribution is -0.128. The summed E-state index contributed by atoms with van der Waals surface area (Å²) < 4.78 is 16.0. The molecule has 0 saturated carbocycles. The molecule has 152 valence electrons. The Morgan fingerprint density at radius 2 is 2.00 bits per heavy atom. The fourth-order valence-electron chi connectivity index (χ4n) is 3.63. The zero-order valence-electron chi connectivity index (χ0n) is 16.2. The Hall–Kier alpha value is -2.65. The normalized spacial score (nSPS) is 20.2. The molecule has 0 radical (unpaired) electrons. The maximum Gasteiger partial charge on any atom is 0.246 e. The second kappa shape index (κ2) is 8.57. The molecule has 1 aliphatic rings. The lowest BCUT2D eigenvalue weighted by atomic mass is 9.92. The van der Waals surface area contributed by atoms with Crippen molar-refractivity contribution in [3.63, 3.8) is 0 Å². The molecule has 0 aliphatic carbocycles. The average Bonchev–Trinajstić information content (AvgIpc) is 3.14. The molecular formula is C19H27N5O4. The highest BCUT2D eigenvalue weighted by Crippen LogP contribution is 2.33. The van der Waals surface area contributed by atoms with Crippen LogP contribution in [0.5, 0.6) is 11.5 Å². The largest absolute Gasteiger partial charge is 0.493 e. The number of nitrogens with zero attached hydrogens (tertiary/aromatic N) is 2. The SMILES string of the molecule is COc1cc2nc(CC(N)CCC3CCOC3C(N)=O)nc(N)c2cc1OC. The van der Waals surface area contributed by atoms with Gasteiger partial charge >= 0.3 is 0 Å². The minimum absolute atomic E-state index is 0.114. The van der Waals surface area contributed by atoms with Crippen LogP contribution in [0.15, 0.2) is 12.1 Å². The number of fused-ring (bicyclic) bond motifs is 1. The van der Waals surface area contributed by atoms with Crippen LogP contribution in [-0.4, -0.2) is 48.8 Å². The minimum atomic E-state index is -0.512. The third kappa shape index (κ3) is 4.26. The van der Waals surface area contributed by atoms with Crippen LogP contribution >= 0.6 is 0 Å². The quantitative estimate of drug-likeness (QED) is 0.599. The van der Waals surface area contributed by atoms with Crippen molar-refractivity contribution < 1.29 is 19.0 Å². The number of methoxy groups -OCH3 is 2. The summed E-state index contributed by atoms with van der Waals surface area (Å²) in [5.74, 6) is 1.78. The molecule has 2 heterocycles. The van der Waals surface area contributed by atoms with E-state index in [4.69, 9.17) is 31.4 Å². The van der Waals surface area contributed by atoms with Crippen molar-refractivity contribution in [3.8, 4) is 11.5 Å². The summed E-state index contributed by atoms with van der Waals surface area (Å²) in [5.41, 5.74) is 18.5. The molecule has 0 spiro atoms. The van der Waals surface area contributed by atoms with E-state index >= 15 is 0 Å². The summed E-state index contributed by atoms with van der Waals surface area (Å²) in [5, 5.41) is 0.697. The number of hydrogen-bond acceptors (Lipinski definition) is 8. The highest BCUT2D eigenvalue weighted by molar-refractivity contribution is 5.90. The van der Waals surface area contributed by atoms with E-state index in [1.54, 1.807) is 26.4 Å². The van der Waals surface area contributed by atoms with Gasteiger partial charge in [-0.2, -0.15) is 0 Å². The van der Waals surface area contributed by atoms with E-state index in [1.807, 2.05) is 0 Å². The zero-order chi connectivity index (χ0) is 20.3. The van der Waals surface area contributed by atoms with Gasteiger partial charge in [-0.3, -0.25) is 4.79 Å². The molecule has 1 amide bonds. The zero-order valence-corrected chi connectivity index (χ0v) is 16.2. The van der Waals surface area contributed by atoms with Crippen molar-refractivity contribution in [2.75, 3.05) is 26.6 Å². The fourth-order valence-corrected chi connectivity index (χ4v) is 3.63. The van der Waals surface area contributed by atoms with E-state index in [0.717, 1.165) is 12.8 Å². The van der Waals surface area contributed by atoms with Crippen LogP contribution in [0.25, 0.3) is 10.9 Å². The molecule has 3 atom stereocenters. The Morgan fingerprint density at radius 1 is 1.29 bits per heavy atom. The number of nitrogens with two attached hydrogens (primary N) is 3. The Kier molecular flexibility index (Phi) is 6.15. The van der Waals surface area contributed by atoms with Crippen molar-refractivity contribution in [1.29, 1.82) is 0 Å². The molecule has 1 aromatic carbocycles. The molecule has 1 aromatic heterocycles. The summed E-state index contributed by atoms with van der Waals surface area (Å²) in [7, 11) is 3.13. The van der Waals surface area contributed by atoms with Gasteiger partial charge in [-0.25, -0.2) is 9.97 Å². The first-order chi connectivity index (χ1) is 13.4. The number of carbonyl (C=O) groups excluding carboxylic acids is 1. The Labute approximate surface area is 163 Å². The maximum atomic E-state index is 11.4. The fraction of sp³-hybridized carbons (Fsp3) is 0.526. The van der Waals surface area contributed by atoms with E-state index < -0.39 is 12.0 Å². The Balaban J connectivity index is 1.70. The third-order valence-electron chi connectivity index (χ3n) is 5.12. The molecule has 6 N–H and O–H groups in total. The van der Waals surface area contributed by atoms with Gasteiger partial charge in [-0.05, 0) is 31.2 Å². The lowest BCUT2D eigenvalue weighted by Crippen LogP contribution is -2.34. The number of primary amides is 1. The Morgan fingerprint density at radius 3 is 2.68 bits per heavy atom. The first-order valence-electron chi connectivity index (χ1n) is 9.27. The summed E-state index contributed by atoms with van der Waals surface area (Å²) in [4.78, 5) is 20.4. The van der Waals surface area contributed by atoms with Crippen LogP contribution in [0.4, 0.5) is 5.82 Å². The van der Waals surface area contributed by atoms with Crippen molar-refractivity contribution >= 4 is 22.6 Å². The molecular weight excluding hydrogens is 362 g/mol. The molecule has 1 saturated heterocycles. The number of carbonyl (C=O) groups is 1. The van der Waals surface area contributed by atoms with Crippen LogP contribution in [0, 0.1) is 5.92 Å². The van der Waals surface area contributed by atoms with Gasteiger partial charge in [0.25, 0.3) is 0 Å². The number of hydrogen-bond donors (Lipinski definition) is 3. The topological polar surface area (TPSA) is 149 Å². The summed E-state index contributed by atoms with van der Waals surface area (Å²) in [6, 6.07) is 3.37. The monoisotopic (exact) mass is 389 g/mol. The van der Waals surface area contributed by atoms with Gasteiger partial charge in [0.05, 0.1) is 19.7 Å². The smallest absolute Gasteiger partial charge is 0.246 e. The number of aromatic nitrogens is 2. The van der Waals surface area contributed by atoms with E-state index in [1.165, 1.54) is 0 Å². The van der Waals surface area contributed by atoms with Crippen LogP contribution < -0.4 is 26.7 Å². The van der Waals surface area contributed by atoms with Gasteiger partial charge in [-0.15, -0.1) is 0 Å². The van der Waals surface area contributed by atoms with Crippen LogP contribution in [0.2, 0.25) is 0 Å². The lowest BCUT2D eigenvalue weighted by Gasteiger charge is -2.18. The van der Waals surface area contributed by atoms with Crippen LogP contribution in [0.3, 0.4) is 0 Å². The third-order valence-corrected chi connectivity index (χ3v) is 5.12. The summed E-state index contributed by atoms with van der Waals surface area (Å²) in [6.07, 6.45) is 2.26. The van der Waals surface area contributed by atoms with Crippen molar-refractivity contribution in [3.05, 3.63) is 18.0 Å². The highest BCUT2D eigenvalue weighted by atomic mass is 16.5. The molecule has 0 bridgehead atoms. The molecule has 1 fully saturated rings. The number of ether oxygens (including phenoxy) is 3. The van der Waals surface area contributed by atoms with Crippen LogP contribution in [0.1, 0.15) is 25.1 Å². The molecule has 9 nitrogen and oxygen atoms in total. The van der Waals surface area contributed by atoms with E-state index in [2.05, 4.69) is 9.97 Å². The summed E-state index contributed by atoms with van der Waals surface area (Å²) in [6.45, 7) is 0.559. The second-order valence-corrected chi connectivity index (χ2v) is 7.03. The number of benzene rings is 1. The van der Waals surface area contributed by atoms with Gasteiger partial charge in [0.2, 0.25) is 5.91 Å². The van der Waals surface area contributed by atoms with Crippen molar-refractivity contribution in [2.45, 2.75) is 37.8 Å². The maximum absolute atomic E-state index is 11.4. The number of amides is 1. The van der Waals surface area contributed by atoms with Gasteiger partial charge in [0.15, 0.2) is 11.5 Å². The highest BCUT2D eigenvalue weighted by Gasteiger charge is 2.32. The molecule has 3 rings (SSSR count). The number of nitrogen functional groups attached to an aromatic ring is 1. The number of anilines is 1. The average molecular weight is 389 g/mol. The first kappa shape index (κ1) is 20.1. The van der Waals surface area contributed by atoms with E-state index in [-0.39, 0.29) is 12.0 Å². The Bertz CT molecular complexity index is 860. The molecule has 3 unspecified atom stereocenters. The first-order valence-corrected chi connectivity index (χ1v) is 9.27. The predicted octanol–water partition coefficient (Wildman–Crippen LogP) is 0.770. The van der Waals surface area contributed by atoms with Gasteiger partial charge < -0.3 is 31.4 Å². The summed E-state index contributed by atoms with van der Waals surface area (Å²) >= 11 is 0. The van der Waals surface area contributed by atoms with Crippen LogP contribution in [-0.2, 0) is 16.0 Å². The van der Waals surface area contributed by atoms with Gasteiger partial charge in [0, 0.05) is 30.5 Å². The molecule has 28 heavy (non-hydrogen) atoms. The number of rotatable bonds is 8. The van der Waals surface area contributed by atoms with E-state index in [9.17, 15) is 4.79 Å². The molecule has 9 heteroatoms. The van der Waals surface area contributed by atoms with Crippen molar-refractivity contribution in [2.24, 2.45) is 17.4 Å². The van der Waals surface area contributed by atoms with E-state index in [0.29, 0.717) is 53.5 Å². The predicted molar refractivity (Wildman–Crippen MR) is 105 cm³/mol.